The van der Waals surface area contributed by atoms with Crippen molar-refractivity contribution in [1.29, 1.82) is 0 Å². The summed E-state index contributed by atoms with van der Waals surface area (Å²) in [6.45, 7) is 1.97. The van der Waals surface area contributed by atoms with E-state index in [1.165, 1.54) is 18.4 Å². The molecule has 0 aliphatic heterocycles. The van der Waals surface area contributed by atoms with E-state index in [0.717, 1.165) is 5.56 Å². The molecule has 6 heteroatoms. The van der Waals surface area contributed by atoms with Crippen LogP contribution in [0.2, 0.25) is 0 Å². The average molecular weight is 402 g/mol. The standard InChI is InChI=1S/C24H18O6/c1-2-27-24(26)22-19-15-18(29-21(25)13-11-17-9-6-14-28-17)10-12-20(19)30-23(22)16-7-4-3-5-8-16/h3-15H,2H2,1H3/b13-11+. The Morgan fingerprint density at radius 3 is 2.60 bits per heavy atom. The number of hydrogen-bond donors (Lipinski definition) is 0. The Bertz CT molecular complexity index is 1200. The molecule has 0 saturated heterocycles. The molecule has 4 aromatic rings. The molecule has 0 radical (unpaired) electrons. The van der Waals surface area contributed by atoms with Gasteiger partial charge in [-0.2, -0.15) is 0 Å². The third-order valence-corrected chi connectivity index (χ3v) is 4.32. The third kappa shape index (κ3) is 4.03. The molecule has 2 heterocycles. The second-order valence-electron chi connectivity index (χ2n) is 6.32. The number of carbonyl (C=O) groups excluding carboxylic acids is 2. The summed E-state index contributed by atoms with van der Waals surface area (Å²) >= 11 is 0. The van der Waals surface area contributed by atoms with Crippen molar-refractivity contribution in [3.8, 4) is 17.1 Å². The van der Waals surface area contributed by atoms with Crippen LogP contribution in [0.4, 0.5) is 0 Å². The van der Waals surface area contributed by atoms with Gasteiger partial charge < -0.3 is 18.3 Å². The summed E-state index contributed by atoms with van der Waals surface area (Å²) in [5, 5.41) is 0.507. The van der Waals surface area contributed by atoms with Gasteiger partial charge in [-0.25, -0.2) is 9.59 Å². The maximum atomic E-state index is 12.7. The van der Waals surface area contributed by atoms with E-state index in [0.29, 0.717) is 28.1 Å². The number of esters is 2. The number of ether oxygens (including phenoxy) is 2. The lowest BCUT2D eigenvalue weighted by molar-refractivity contribution is -0.128. The van der Waals surface area contributed by atoms with E-state index >= 15 is 0 Å². The zero-order chi connectivity index (χ0) is 20.9. The molecular weight excluding hydrogens is 384 g/mol. The van der Waals surface area contributed by atoms with E-state index in [1.807, 2.05) is 30.3 Å². The first-order valence-corrected chi connectivity index (χ1v) is 9.38. The normalized spacial score (nSPS) is 11.1. The van der Waals surface area contributed by atoms with Crippen molar-refractivity contribution < 1.29 is 27.9 Å². The van der Waals surface area contributed by atoms with Gasteiger partial charge >= 0.3 is 11.9 Å². The van der Waals surface area contributed by atoms with Gasteiger partial charge in [-0.1, -0.05) is 30.3 Å². The van der Waals surface area contributed by atoms with Crippen molar-refractivity contribution in [2.75, 3.05) is 6.61 Å². The summed E-state index contributed by atoms with van der Waals surface area (Å²) in [5.41, 5.74) is 1.53. The molecule has 2 aromatic carbocycles. The lowest BCUT2D eigenvalue weighted by Gasteiger charge is -2.04. The Hall–Kier alpha value is -4.06. The number of benzene rings is 2. The van der Waals surface area contributed by atoms with Crippen LogP contribution in [-0.2, 0) is 9.53 Å². The first-order chi connectivity index (χ1) is 14.7. The van der Waals surface area contributed by atoms with Gasteiger partial charge in [0.25, 0.3) is 0 Å². The van der Waals surface area contributed by atoms with Crippen molar-refractivity contribution >= 4 is 29.0 Å². The predicted molar refractivity (Wildman–Crippen MR) is 111 cm³/mol. The predicted octanol–water partition coefficient (Wildman–Crippen LogP) is 5.49. The first-order valence-electron chi connectivity index (χ1n) is 9.38. The van der Waals surface area contributed by atoms with Gasteiger partial charge in [0.15, 0.2) is 0 Å². The summed E-state index contributed by atoms with van der Waals surface area (Å²) in [7, 11) is 0. The van der Waals surface area contributed by atoms with Gasteiger partial charge in [0, 0.05) is 17.0 Å². The van der Waals surface area contributed by atoms with Gasteiger partial charge in [-0.05, 0) is 43.3 Å². The van der Waals surface area contributed by atoms with Crippen molar-refractivity contribution in [2.24, 2.45) is 0 Å². The molecule has 0 aliphatic rings. The molecule has 0 N–H and O–H groups in total. The van der Waals surface area contributed by atoms with Crippen LogP contribution < -0.4 is 4.74 Å². The minimum Gasteiger partial charge on any atom is -0.465 e. The fraction of sp³-hybridized carbons (Fsp3) is 0.0833. The lowest BCUT2D eigenvalue weighted by Crippen LogP contribution is -2.06. The summed E-state index contributed by atoms with van der Waals surface area (Å²) in [5.74, 6) is 0.147. The zero-order valence-electron chi connectivity index (χ0n) is 16.2. The largest absolute Gasteiger partial charge is 0.465 e. The fourth-order valence-corrected chi connectivity index (χ4v) is 3.03. The summed E-state index contributed by atoms with van der Waals surface area (Å²) in [4.78, 5) is 24.8. The number of furan rings is 2. The van der Waals surface area contributed by atoms with Gasteiger partial charge in [-0.3, -0.25) is 0 Å². The molecule has 0 saturated carbocycles. The lowest BCUT2D eigenvalue weighted by atomic mass is 10.1. The van der Waals surface area contributed by atoms with Gasteiger partial charge in [0.1, 0.15) is 28.4 Å². The third-order valence-electron chi connectivity index (χ3n) is 4.32. The molecule has 6 nitrogen and oxygen atoms in total. The van der Waals surface area contributed by atoms with Crippen LogP contribution >= 0.6 is 0 Å². The molecule has 0 atom stereocenters. The van der Waals surface area contributed by atoms with Gasteiger partial charge in [0.2, 0.25) is 0 Å². The molecule has 0 unspecified atom stereocenters. The Morgan fingerprint density at radius 1 is 1.03 bits per heavy atom. The van der Waals surface area contributed by atoms with Gasteiger partial charge in [0.05, 0.1) is 12.9 Å². The van der Waals surface area contributed by atoms with Crippen molar-refractivity contribution in [1.82, 2.24) is 0 Å². The number of carbonyl (C=O) groups is 2. The van der Waals surface area contributed by atoms with Crippen molar-refractivity contribution in [3.63, 3.8) is 0 Å². The van der Waals surface area contributed by atoms with E-state index in [2.05, 4.69) is 0 Å². The monoisotopic (exact) mass is 402 g/mol. The highest BCUT2D eigenvalue weighted by atomic mass is 16.5. The van der Waals surface area contributed by atoms with Crippen LogP contribution in [0.15, 0.2) is 81.8 Å². The van der Waals surface area contributed by atoms with Crippen LogP contribution in [0.5, 0.6) is 5.75 Å². The van der Waals surface area contributed by atoms with E-state index in [4.69, 9.17) is 18.3 Å². The quantitative estimate of drug-likeness (QED) is 0.241. The summed E-state index contributed by atoms with van der Waals surface area (Å²) in [6, 6.07) is 17.6. The Kier molecular flexibility index (Phi) is 5.48. The first kappa shape index (κ1) is 19.3. The Labute approximate surface area is 172 Å². The summed E-state index contributed by atoms with van der Waals surface area (Å²) in [6.07, 6.45) is 4.29. The maximum absolute atomic E-state index is 12.7. The molecule has 0 fully saturated rings. The van der Waals surface area contributed by atoms with Crippen LogP contribution in [-0.4, -0.2) is 18.5 Å². The average Bonchev–Trinajstić information content (AvgIpc) is 3.40. The van der Waals surface area contributed by atoms with Crippen LogP contribution in [0.25, 0.3) is 28.4 Å². The number of fused-ring (bicyclic) bond motifs is 1. The van der Waals surface area contributed by atoms with E-state index < -0.39 is 11.9 Å². The highest BCUT2D eigenvalue weighted by Gasteiger charge is 2.23. The molecule has 30 heavy (non-hydrogen) atoms. The molecule has 4 rings (SSSR count). The zero-order valence-corrected chi connectivity index (χ0v) is 16.2. The molecule has 150 valence electrons. The topological polar surface area (TPSA) is 78.9 Å². The highest BCUT2D eigenvalue weighted by Crippen LogP contribution is 2.36. The van der Waals surface area contributed by atoms with Gasteiger partial charge in [-0.15, -0.1) is 0 Å². The highest BCUT2D eigenvalue weighted by molar-refractivity contribution is 6.09. The second kappa shape index (κ2) is 8.53. The van der Waals surface area contributed by atoms with Crippen LogP contribution in [0.1, 0.15) is 23.0 Å². The minimum absolute atomic E-state index is 0.228. The molecule has 0 aliphatic carbocycles. The minimum atomic E-state index is -0.574. The SMILES string of the molecule is CCOC(=O)c1c(-c2ccccc2)oc2ccc(OC(=O)/C=C/c3ccco3)cc12. The van der Waals surface area contributed by atoms with Crippen molar-refractivity contribution in [2.45, 2.75) is 6.92 Å². The molecular formula is C24H18O6. The molecule has 0 spiro atoms. The number of hydrogen-bond acceptors (Lipinski definition) is 6. The molecule has 0 bridgehead atoms. The van der Waals surface area contributed by atoms with Crippen molar-refractivity contribution in [3.05, 3.63) is 84.3 Å². The number of rotatable bonds is 6. The second-order valence-corrected chi connectivity index (χ2v) is 6.32. The van der Waals surface area contributed by atoms with E-state index in [1.54, 1.807) is 37.3 Å². The Morgan fingerprint density at radius 2 is 1.87 bits per heavy atom. The van der Waals surface area contributed by atoms with Crippen LogP contribution in [0.3, 0.4) is 0 Å². The maximum Gasteiger partial charge on any atom is 0.342 e. The smallest absolute Gasteiger partial charge is 0.342 e. The Balaban J connectivity index is 1.69. The van der Waals surface area contributed by atoms with Crippen LogP contribution in [0, 0.1) is 0 Å². The molecule has 2 aromatic heterocycles. The fourth-order valence-electron chi connectivity index (χ4n) is 3.03. The molecule has 0 amide bonds. The van der Waals surface area contributed by atoms with E-state index in [-0.39, 0.29) is 12.4 Å². The summed E-state index contributed by atoms with van der Waals surface area (Å²) < 4.78 is 21.7. The van der Waals surface area contributed by atoms with E-state index in [9.17, 15) is 9.59 Å².